The number of carbonyl (C=O) groups is 1. The molecule has 7 N–H and O–H groups in total. The number of unbranched alkanes of at least 4 members (excludes halogenated alkanes) is 9. The summed E-state index contributed by atoms with van der Waals surface area (Å²) in [5.41, 5.74) is 0. The molecule has 14 nitrogen and oxygen atoms in total. The van der Waals surface area contributed by atoms with E-state index in [2.05, 4.69) is 31.2 Å². The van der Waals surface area contributed by atoms with Crippen molar-refractivity contribution in [2.75, 3.05) is 26.4 Å². The number of carbonyl (C=O) groups excluding carboxylic acids is 1. The van der Waals surface area contributed by atoms with Gasteiger partial charge >= 0.3 is 0 Å². The molecule has 284 valence electrons. The fraction of sp³-hybridized carbons (Fsp3) is 0.857. The lowest BCUT2D eigenvalue weighted by Crippen LogP contribution is -2.63. The van der Waals surface area contributed by atoms with E-state index in [0.717, 1.165) is 51.4 Å². The molecule has 0 aliphatic carbocycles. The molecule has 3 saturated heterocycles. The lowest BCUT2D eigenvalue weighted by Gasteiger charge is -2.45. The van der Waals surface area contributed by atoms with Gasteiger partial charge in [-0.15, -0.1) is 0 Å². The van der Waals surface area contributed by atoms with Crippen LogP contribution in [0.4, 0.5) is 0 Å². The summed E-state index contributed by atoms with van der Waals surface area (Å²) in [6.45, 7) is 3.12. The first kappa shape index (κ1) is 41.9. The number of ether oxygens (including phenoxy) is 5. The highest BCUT2D eigenvalue weighted by Crippen LogP contribution is 2.28. The van der Waals surface area contributed by atoms with Crippen molar-refractivity contribution in [1.82, 2.24) is 4.90 Å². The normalized spacial score (nSPS) is 35.7. The summed E-state index contributed by atoms with van der Waals surface area (Å²) in [5, 5.41) is 72.6. The summed E-state index contributed by atoms with van der Waals surface area (Å²) < 4.78 is 27.7. The molecule has 0 saturated carbocycles. The van der Waals surface area contributed by atoms with Crippen LogP contribution in [-0.4, -0.2) is 147 Å². The van der Waals surface area contributed by atoms with Crippen LogP contribution in [0.15, 0.2) is 24.3 Å². The predicted molar refractivity (Wildman–Crippen MR) is 178 cm³/mol. The van der Waals surface area contributed by atoms with Crippen molar-refractivity contribution in [2.45, 2.75) is 165 Å². The summed E-state index contributed by atoms with van der Waals surface area (Å²) in [7, 11) is 0. The van der Waals surface area contributed by atoms with Gasteiger partial charge in [0.15, 0.2) is 18.8 Å². The van der Waals surface area contributed by atoms with Crippen LogP contribution in [-0.2, 0) is 28.5 Å². The molecule has 0 spiro atoms. The molecule has 1 amide bonds. The van der Waals surface area contributed by atoms with Crippen LogP contribution in [0.5, 0.6) is 0 Å². The molecule has 0 aromatic heterocycles. The molecule has 0 aromatic carbocycles. The van der Waals surface area contributed by atoms with E-state index in [-0.39, 0.29) is 25.7 Å². The molecule has 14 heteroatoms. The van der Waals surface area contributed by atoms with Gasteiger partial charge in [-0.3, -0.25) is 4.79 Å². The molecule has 3 fully saturated rings. The van der Waals surface area contributed by atoms with Crippen molar-refractivity contribution >= 4 is 5.91 Å². The third kappa shape index (κ3) is 13.2. The standard InChI is InChI=1S/C35H61NO13/c1-3-4-5-6-7-8-9-10-11-12-13-14-15-16-17-18-19-36(23(2)37)33-30(42)28(40)25(21-45-33)48-35-32(44)29(41)26(22-47-35)49-34-31(43)27(39)24(38)20-46-34/h7-8,10-11,24-35,38-44H,3-6,9,12-22H2,1-2H3/b8-7-,11-10-. The van der Waals surface area contributed by atoms with E-state index in [9.17, 15) is 40.5 Å². The SMILES string of the molecule is CCCCC/C=C\C/C=C\CCCCCCCCN(C(C)=O)C1OCC(OC2OCC(OC3OCC(O)C(O)C3O)C(O)C2O)C(O)C1O. The van der Waals surface area contributed by atoms with E-state index in [1.54, 1.807) is 0 Å². The molecule has 0 aromatic rings. The molecular formula is C35H61NO13. The van der Waals surface area contributed by atoms with Gasteiger partial charge in [-0.1, -0.05) is 69.8 Å². The number of hydrogen-bond donors (Lipinski definition) is 7. The lowest BCUT2D eigenvalue weighted by atomic mass is 10.0. The highest BCUT2D eigenvalue weighted by molar-refractivity contribution is 5.73. The van der Waals surface area contributed by atoms with Gasteiger partial charge < -0.3 is 64.3 Å². The van der Waals surface area contributed by atoms with Gasteiger partial charge in [0.2, 0.25) is 5.91 Å². The van der Waals surface area contributed by atoms with Gasteiger partial charge in [-0.25, -0.2) is 0 Å². The average molecular weight is 704 g/mol. The lowest BCUT2D eigenvalue weighted by molar-refractivity contribution is -0.343. The molecule has 49 heavy (non-hydrogen) atoms. The molecule has 0 radical (unpaired) electrons. The molecule has 3 aliphatic rings. The van der Waals surface area contributed by atoms with Crippen LogP contribution < -0.4 is 0 Å². The van der Waals surface area contributed by atoms with Crippen molar-refractivity contribution < 1.29 is 64.2 Å². The molecule has 0 bridgehead atoms. The molecule has 12 atom stereocenters. The molecule has 3 heterocycles. The average Bonchev–Trinajstić information content (AvgIpc) is 3.08. The number of aliphatic hydroxyl groups excluding tert-OH is 7. The number of aliphatic hydroxyl groups is 7. The second kappa shape index (κ2) is 22.4. The molecule has 12 unspecified atom stereocenters. The number of rotatable bonds is 20. The van der Waals surface area contributed by atoms with Gasteiger partial charge in [0.25, 0.3) is 0 Å². The number of hydrogen-bond acceptors (Lipinski definition) is 13. The zero-order valence-corrected chi connectivity index (χ0v) is 29.1. The van der Waals surface area contributed by atoms with Crippen LogP contribution in [0.2, 0.25) is 0 Å². The molecule has 3 rings (SSSR count). The smallest absolute Gasteiger partial charge is 0.221 e. The van der Waals surface area contributed by atoms with Crippen LogP contribution in [0.1, 0.15) is 90.9 Å². The van der Waals surface area contributed by atoms with Gasteiger partial charge in [-0.05, 0) is 38.5 Å². The Labute approximate surface area is 290 Å². The summed E-state index contributed by atoms with van der Waals surface area (Å²) in [4.78, 5) is 13.9. The minimum atomic E-state index is -1.66. The first-order valence-electron chi connectivity index (χ1n) is 18.1. The fourth-order valence-corrected chi connectivity index (χ4v) is 6.16. The highest BCUT2D eigenvalue weighted by atomic mass is 16.7. The minimum absolute atomic E-state index is 0.221. The Bertz CT molecular complexity index is 985. The van der Waals surface area contributed by atoms with E-state index in [4.69, 9.17) is 23.7 Å². The summed E-state index contributed by atoms with van der Waals surface area (Å²) >= 11 is 0. The van der Waals surface area contributed by atoms with E-state index in [0.29, 0.717) is 6.54 Å². The fourth-order valence-electron chi connectivity index (χ4n) is 6.16. The summed E-state index contributed by atoms with van der Waals surface area (Å²) in [5.74, 6) is -0.299. The number of amides is 1. The zero-order valence-electron chi connectivity index (χ0n) is 29.1. The van der Waals surface area contributed by atoms with Crippen LogP contribution >= 0.6 is 0 Å². The van der Waals surface area contributed by atoms with E-state index < -0.39 is 73.7 Å². The van der Waals surface area contributed by atoms with Gasteiger partial charge in [0, 0.05) is 13.5 Å². The first-order chi connectivity index (χ1) is 23.6. The molecule has 3 aliphatic heterocycles. The second-order valence-electron chi connectivity index (χ2n) is 13.3. The Hall–Kier alpha value is -1.53. The maximum absolute atomic E-state index is 12.5. The Morgan fingerprint density at radius 3 is 1.76 bits per heavy atom. The van der Waals surface area contributed by atoms with Crippen molar-refractivity contribution in [2.24, 2.45) is 0 Å². The Kier molecular flexibility index (Phi) is 19.2. The van der Waals surface area contributed by atoms with Crippen LogP contribution in [0.3, 0.4) is 0 Å². The second-order valence-corrected chi connectivity index (χ2v) is 13.3. The third-order valence-corrected chi connectivity index (χ3v) is 9.27. The highest BCUT2D eigenvalue weighted by Gasteiger charge is 2.48. The van der Waals surface area contributed by atoms with E-state index in [1.165, 1.54) is 37.5 Å². The maximum atomic E-state index is 12.5. The maximum Gasteiger partial charge on any atom is 0.221 e. The van der Waals surface area contributed by atoms with Gasteiger partial charge in [-0.2, -0.15) is 0 Å². The summed E-state index contributed by atoms with van der Waals surface area (Å²) in [6, 6.07) is 0. The Morgan fingerprint density at radius 1 is 0.633 bits per heavy atom. The van der Waals surface area contributed by atoms with Crippen molar-refractivity contribution in [3.8, 4) is 0 Å². The van der Waals surface area contributed by atoms with Crippen molar-refractivity contribution in [3.63, 3.8) is 0 Å². The van der Waals surface area contributed by atoms with Crippen LogP contribution in [0, 0.1) is 0 Å². The Morgan fingerprint density at radius 2 is 1.14 bits per heavy atom. The third-order valence-electron chi connectivity index (χ3n) is 9.27. The topological polar surface area (TPSA) is 208 Å². The number of nitrogens with zero attached hydrogens (tertiary/aromatic N) is 1. The largest absolute Gasteiger partial charge is 0.388 e. The van der Waals surface area contributed by atoms with Crippen molar-refractivity contribution in [3.05, 3.63) is 24.3 Å². The summed E-state index contributed by atoms with van der Waals surface area (Å²) in [6.07, 6.45) is 5.24. The van der Waals surface area contributed by atoms with E-state index >= 15 is 0 Å². The Balaban J connectivity index is 1.33. The van der Waals surface area contributed by atoms with Gasteiger partial charge in [0.05, 0.1) is 19.8 Å². The van der Waals surface area contributed by atoms with E-state index in [1.807, 2.05) is 0 Å². The monoisotopic (exact) mass is 703 g/mol. The molecular weight excluding hydrogens is 642 g/mol. The van der Waals surface area contributed by atoms with Crippen molar-refractivity contribution in [1.29, 1.82) is 0 Å². The number of allylic oxidation sites excluding steroid dienone is 4. The minimum Gasteiger partial charge on any atom is -0.388 e. The van der Waals surface area contributed by atoms with Crippen LogP contribution in [0.25, 0.3) is 0 Å². The van der Waals surface area contributed by atoms with Gasteiger partial charge in [0.1, 0.15) is 54.9 Å². The predicted octanol–water partition coefficient (Wildman–Crippen LogP) is 1.01. The quantitative estimate of drug-likeness (QED) is 0.0699. The first-order valence-corrected chi connectivity index (χ1v) is 18.1. The zero-order chi connectivity index (χ0) is 35.8.